The molecule has 0 radical (unpaired) electrons. The van der Waals surface area contributed by atoms with Gasteiger partial charge in [-0.3, -0.25) is 0 Å². The highest BCUT2D eigenvalue weighted by atomic mass is 16.5. The van der Waals surface area contributed by atoms with Crippen LogP contribution in [0.2, 0.25) is 0 Å². The molecule has 2 heteroatoms. The van der Waals surface area contributed by atoms with Gasteiger partial charge in [-0.05, 0) is 19.3 Å². The van der Waals surface area contributed by atoms with E-state index in [1.54, 1.807) is 0 Å². The van der Waals surface area contributed by atoms with Gasteiger partial charge in [-0.15, -0.1) is 0 Å². The lowest BCUT2D eigenvalue weighted by Crippen LogP contribution is -2.57. The Hall–Kier alpha value is -0.0800. The van der Waals surface area contributed by atoms with Crippen molar-refractivity contribution in [2.45, 2.75) is 44.4 Å². The Labute approximate surface area is 61.9 Å². The molecule has 0 aromatic heterocycles. The summed E-state index contributed by atoms with van der Waals surface area (Å²) in [7, 11) is 0. The second-order valence-electron chi connectivity index (χ2n) is 3.30. The van der Waals surface area contributed by atoms with Crippen molar-refractivity contribution in [2.24, 2.45) is 0 Å². The summed E-state index contributed by atoms with van der Waals surface area (Å²) in [6, 6.07) is 0.697. The second-order valence-corrected chi connectivity index (χ2v) is 3.30. The van der Waals surface area contributed by atoms with Crippen LogP contribution in [0.25, 0.3) is 0 Å². The van der Waals surface area contributed by atoms with Gasteiger partial charge in [0.2, 0.25) is 0 Å². The number of rotatable bonds is 1. The fraction of sp³-hybridized carbons (Fsp3) is 1.00. The average Bonchev–Trinajstić information content (AvgIpc) is 1.92. The Morgan fingerprint density at radius 3 is 2.90 bits per heavy atom. The fourth-order valence-electron chi connectivity index (χ4n) is 1.68. The second kappa shape index (κ2) is 2.51. The zero-order chi connectivity index (χ0) is 6.97. The molecule has 1 saturated carbocycles. The van der Waals surface area contributed by atoms with Crippen LogP contribution in [0.3, 0.4) is 0 Å². The van der Waals surface area contributed by atoms with Crippen LogP contribution in [-0.4, -0.2) is 24.8 Å². The summed E-state index contributed by atoms with van der Waals surface area (Å²) >= 11 is 0. The number of hydrogen-bond donors (Lipinski definition) is 1. The molecule has 2 rings (SSSR count). The Balaban J connectivity index is 1.86. The van der Waals surface area contributed by atoms with Gasteiger partial charge < -0.3 is 10.1 Å². The van der Waals surface area contributed by atoms with Crippen LogP contribution in [0.1, 0.15) is 26.2 Å². The lowest BCUT2D eigenvalue weighted by Gasteiger charge is -2.44. The first-order valence-corrected chi connectivity index (χ1v) is 4.29. The Morgan fingerprint density at radius 1 is 1.50 bits per heavy atom. The van der Waals surface area contributed by atoms with Crippen molar-refractivity contribution >= 4 is 0 Å². The van der Waals surface area contributed by atoms with Crippen molar-refractivity contribution < 1.29 is 4.74 Å². The van der Waals surface area contributed by atoms with E-state index in [9.17, 15) is 0 Å². The summed E-state index contributed by atoms with van der Waals surface area (Å²) in [6.07, 6.45) is 4.78. The molecule has 0 aromatic rings. The maximum Gasteiger partial charge on any atom is 0.0733 e. The molecule has 0 amide bonds. The molecule has 1 N–H and O–H groups in total. The standard InChI is InChI=1S/C8H15NO/c1-2-6-5-9-7-3-4-8(7)10-6/h6-9H,2-5H2,1H3. The van der Waals surface area contributed by atoms with E-state index in [2.05, 4.69) is 12.2 Å². The highest BCUT2D eigenvalue weighted by molar-refractivity contribution is 4.92. The summed E-state index contributed by atoms with van der Waals surface area (Å²) in [6.45, 7) is 3.25. The zero-order valence-electron chi connectivity index (χ0n) is 6.47. The minimum atomic E-state index is 0.488. The molecule has 1 aliphatic carbocycles. The predicted octanol–water partition coefficient (Wildman–Crippen LogP) is 0.916. The van der Waals surface area contributed by atoms with Crippen molar-refractivity contribution in [2.75, 3.05) is 6.54 Å². The van der Waals surface area contributed by atoms with Gasteiger partial charge in [-0.2, -0.15) is 0 Å². The lowest BCUT2D eigenvalue weighted by molar-refractivity contribution is -0.105. The van der Waals surface area contributed by atoms with E-state index in [0.717, 1.165) is 13.0 Å². The first kappa shape index (κ1) is 6.62. The van der Waals surface area contributed by atoms with E-state index in [-0.39, 0.29) is 0 Å². The van der Waals surface area contributed by atoms with Gasteiger partial charge in [0.15, 0.2) is 0 Å². The lowest BCUT2D eigenvalue weighted by atomic mass is 9.87. The van der Waals surface area contributed by atoms with Gasteiger partial charge >= 0.3 is 0 Å². The largest absolute Gasteiger partial charge is 0.372 e. The van der Waals surface area contributed by atoms with Crippen LogP contribution in [0, 0.1) is 0 Å². The number of nitrogens with one attached hydrogen (secondary N) is 1. The fourth-order valence-corrected chi connectivity index (χ4v) is 1.68. The zero-order valence-corrected chi connectivity index (χ0v) is 6.47. The van der Waals surface area contributed by atoms with Gasteiger partial charge in [-0.25, -0.2) is 0 Å². The minimum Gasteiger partial charge on any atom is -0.372 e. The van der Waals surface area contributed by atoms with Crippen molar-refractivity contribution in [3.63, 3.8) is 0 Å². The number of hydrogen-bond acceptors (Lipinski definition) is 2. The summed E-state index contributed by atoms with van der Waals surface area (Å²) in [5.74, 6) is 0. The summed E-state index contributed by atoms with van der Waals surface area (Å²) in [5.41, 5.74) is 0. The molecule has 10 heavy (non-hydrogen) atoms. The van der Waals surface area contributed by atoms with Gasteiger partial charge in [0, 0.05) is 12.6 Å². The minimum absolute atomic E-state index is 0.488. The maximum atomic E-state index is 5.77. The Kier molecular flexibility index (Phi) is 1.66. The molecule has 0 aromatic carbocycles. The first-order valence-electron chi connectivity index (χ1n) is 4.29. The number of morpholine rings is 1. The molecule has 1 aliphatic heterocycles. The van der Waals surface area contributed by atoms with Crippen LogP contribution in [0.15, 0.2) is 0 Å². The van der Waals surface area contributed by atoms with Crippen LogP contribution in [0.5, 0.6) is 0 Å². The molecule has 2 fully saturated rings. The van der Waals surface area contributed by atoms with E-state index in [4.69, 9.17) is 4.74 Å². The average molecular weight is 141 g/mol. The molecule has 0 spiro atoms. The van der Waals surface area contributed by atoms with Crippen molar-refractivity contribution in [3.05, 3.63) is 0 Å². The third-order valence-electron chi connectivity index (χ3n) is 2.64. The molecule has 2 aliphatic rings. The number of ether oxygens (including phenoxy) is 1. The van der Waals surface area contributed by atoms with Crippen LogP contribution < -0.4 is 5.32 Å². The summed E-state index contributed by atoms with van der Waals surface area (Å²) < 4.78 is 5.77. The quantitative estimate of drug-likeness (QED) is 0.586. The molecule has 2 nitrogen and oxygen atoms in total. The summed E-state index contributed by atoms with van der Waals surface area (Å²) in [4.78, 5) is 0. The van der Waals surface area contributed by atoms with Gasteiger partial charge in [0.25, 0.3) is 0 Å². The monoisotopic (exact) mass is 141 g/mol. The van der Waals surface area contributed by atoms with Crippen molar-refractivity contribution in [1.82, 2.24) is 5.32 Å². The van der Waals surface area contributed by atoms with E-state index in [1.165, 1.54) is 12.8 Å². The normalized spacial score (nSPS) is 45.9. The molecule has 3 atom stereocenters. The van der Waals surface area contributed by atoms with Crippen molar-refractivity contribution in [1.29, 1.82) is 0 Å². The molecule has 3 unspecified atom stereocenters. The topological polar surface area (TPSA) is 21.3 Å². The van der Waals surface area contributed by atoms with E-state index < -0.39 is 0 Å². The highest BCUT2D eigenvalue weighted by Gasteiger charge is 2.36. The van der Waals surface area contributed by atoms with E-state index in [0.29, 0.717) is 18.2 Å². The SMILES string of the molecule is CCC1CNC2CCC2O1. The third kappa shape index (κ3) is 0.956. The predicted molar refractivity (Wildman–Crippen MR) is 40.0 cm³/mol. The molecule has 1 heterocycles. The molecular weight excluding hydrogens is 126 g/mol. The van der Waals surface area contributed by atoms with Gasteiger partial charge in [-0.1, -0.05) is 6.92 Å². The molecular formula is C8H15NO. The number of fused-ring (bicyclic) bond motifs is 1. The Bertz CT molecular complexity index is 124. The molecule has 0 bridgehead atoms. The molecule has 58 valence electrons. The molecule has 1 saturated heterocycles. The van der Waals surface area contributed by atoms with Crippen LogP contribution in [-0.2, 0) is 4.74 Å². The van der Waals surface area contributed by atoms with Crippen LogP contribution in [0.4, 0.5) is 0 Å². The third-order valence-corrected chi connectivity index (χ3v) is 2.64. The van der Waals surface area contributed by atoms with Crippen LogP contribution >= 0.6 is 0 Å². The van der Waals surface area contributed by atoms with Gasteiger partial charge in [0.1, 0.15) is 0 Å². The van der Waals surface area contributed by atoms with Crippen molar-refractivity contribution in [3.8, 4) is 0 Å². The Morgan fingerprint density at radius 2 is 2.40 bits per heavy atom. The van der Waals surface area contributed by atoms with E-state index >= 15 is 0 Å². The maximum absolute atomic E-state index is 5.77. The smallest absolute Gasteiger partial charge is 0.0733 e. The van der Waals surface area contributed by atoms with Gasteiger partial charge in [0.05, 0.1) is 12.2 Å². The highest BCUT2D eigenvalue weighted by Crippen LogP contribution is 2.28. The summed E-state index contributed by atoms with van der Waals surface area (Å²) in [5, 5.41) is 3.49. The van der Waals surface area contributed by atoms with E-state index in [1.807, 2.05) is 0 Å². The first-order chi connectivity index (χ1) is 4.90.